The highest BCUT2D eigenvalue weighted by atomic mass is 16.1. The van der Waals surface area contributed by atoms with Gasteiger partial charge in [-0.05, 0) is 18.8 Å². The Balaban J connectivity index is 2.32. The van der Waals surface area contributed by atoms with E-state index in [0.29, 0.717) is 0 Å². The second-order valence-electron chi connectivity index (χ2n) is 4.64. The van der Waals surface area contributed by atoms with Gasteiger partial charge in [0.05, 0.1) is 0 Å². The molecular weight excluding hydrogens is 174 g/mol. The average Bonchev–Trinajstić information content (AvgIpc) is 2.66. The lowest BCUT2D eigenvalue weighted by atomic mass is 9.87. The van der Waals surface area contributed by atoms with Gasteiger partial charge in [-0.3, -0.25) is 0 Å². The summed E-state index contributed by atoms with van der Waals surface area (Å²) in [6, 6.07) is 0.0955. The molecule has 2 atom stereocenters. The molecular formula is C12H23NO. The van der Waals surface area contributed by atoms with Crippen molar-refractivity contribution in [1.29, 1.82) is 0 Å². The molecule has 0 heterocycles. The second kappa shape index (κ2) is 6.18. The monoisotopic (exact) mass is 197 g/mol. The molecule has 1 aliphatic carbocycles. The summed E-state index contributed by atoms with van der Waals surface area (Å²) in [5.74, 6) is 0.881. The normalized spacial score (nSPS) is 22.1. The molecule has 2 heteroatoms. The number of nitrogens with two attached hydrogens (primary N) is 1. The molecule has 0 aromatic carbocycles. The van der Waals surface area contributed by atoms with Crippen molar-refractivity contribution >= 4 is 6.29 Å². The number of aldehydes is 1. The Morgan fingerprint density at radius 1 is 1.43 bits per heavy atom. The SMILES string of the molecule is CCCC(N)C(C=O)CC1CCCC1. The van der Waals surface area contributed by atoms with E-state index in [1.165, 1.54) is 25.7 Å². The minimum Gasteiger partial charge on any atom is -0.327 e. The van der Waals surface area contributed by atoms with Crippen LogP contribution in [0.5, 0.6) is 0 Å². The van der Waals surface area contributed by atoms with Crippen LogP contribution in [0.25, 0.3) is 0 Å². The molecule has 82 valence electrons. The fourth-order valence-corrected chi connectivity index (χ4v) is 2.51. The van der Waals surface area contributed by atoms with E-state index >= 15 is 0 Å². The first-order valence-electron chi connectivity index (χ1n) is 5.98. The average molecular weight is 197 g/mol. The number of carbonyl (C=O) groups is 1. The van der Waals surface area contributed by atoms with Crippen molar-refractivity contribution in [3.8, 4) is 0 Å². The van der Waals surface area contributed by atoms with Crippen molar-refractivity contribution in [3.63, 3.8) is 0 Å². The van der Waals surface area contributed by atoms with Crippen molar-refractivity contribution < 1.29 is 4.79 Å². The molecule has 0 bridgehead atoms. The van der Waals surface area contributed by atoms with Gasteiger partial charge in [-0.15, -0.1) is 0 Å². The zero-order chi connectivity index (χ0) is 10.4. The van der Waals surface area contributed by atoms with Gasteiger partial charge in [0.15, 0.2) is 0 Å². The maximum atomic E-state index is 10.9. The van der Waals surface area contributed by atoms with E-state index in [1.807, 2.05) is 0 Å². The van der Waals surface area contributed by atoms with Crippen molar-refractivity contribution in [2.75, 3.05) is 0 Å². The maximum absolute atomic E-state index is 10.9. The summed E-state index contributed by atoms with van der Waals surface area (Å²) in [5, 5.41) is 0. The Morgan fingerprint density at radius 2 is 2.07 bits per heavy atom. The highest BCUT2D eigenvalue weighted by molar-refractivity contribution is 5.54. The van der Waals surface area contributed by atoms with E-state index in [0.717, 1.165) is 31.5 Å². The molecule has 0 aliphatic heterocycles. The van der Waals surface area contributed by atoms with E-state index < -0.39 is 0 Å². The van der Waals surface area contributed by atoms with Gasteiger partial charge in [0.1, 0.15) is 6.29 Å². The number of carbonyl (C=O) groups excluding carboxylic acids is 1. The van der Waals surface area contributed by atoms with E-state index in [-0.39, 0.29) is 12.0 Å². The number of hydrogen-bond acceptors (Lipinski definition) is 2. The molecule has 0 radical (unpaired) electrons. The molecule has 0 saturated heterocycles. The van der Waals surface area contributed by atoms with Gasteiger partial charge >= 0.3 is 0 Å². The zero-order valence-corrected chi connectivity index (χ0v) is 9.24. The van der Waals surface area contributed by atoms with Crippen molar-refractivity contribution in [3.05, 3.63) is 0 Å². The largest absolute Gasteiger partial charge is 0.327 e. The van der Waals surface area contributed by atoms with Crippen LogP contribution in [0.1, 0.15) is 51.9 Å². The van der Waals surface area contributed by atoms with Crippen molar-refractivity contribution in [1.82, 2.24) is 0 Å². The standard InChI is InChI=1S/C12H23NO/c1-2-5-12(13)11(9-14)8-10-6-3-4-7-10/h9-12H,2-8,13H2,1H3. The Labute approximate surface area is 87.2 Å². The highest BCUT2D eigenvalue weighted by Crippen LogP contribution is 2.30. The molecule has 2 unspecified atom stereocenters. The summed E-state index contributed by atoms with van der Waals surface area (Å²) in [6.45, 7) is 2.12. The molecule has 1 fully saturated rings. The maximum Gasteiger partial charge on any atom is 0.124 e. The third-order valence-electron chi connectivity index (χ3n) is 3.43. The lowest BCUT2D eigenvalue weighted by Gasteiger charge is -2.21. The molecule has 1 rings (SSSR count). The summed E-state index contributed by atoms with van der Waals surface area (Å²) in [4.78, 5) is 10.9. The zero-order valence-electron chi connectivity index (χ0n) is 9.24. The van der Waals surface area contributed by atoms with Crippen LogP contribution in [0.4, 0.5) is 0 Å². The summed E-state index contributed by atoms with van der Waals surface area (Å²) in [5.41, 5.74) is 5.99. The minimum atomic E-state index is 0.0955. The topological polar surface area (TPSA) is 43.1 Å². The fraction of sp³-hybridized carbons (Fsp3) is 0.917. The first-order valence-corrected chi connectivity index (χ1v) is 5.98. The predicted octanol–water partition coefficient (Wildman–Crippen LogP) is 2.51. The quantitative estimate of drug-likeness (QED) is 0.665. The van der Waals surface area contributed by atoms with Gasteiger partial charge in [-0.2, -0.15) is 0 Å². The van der Waals surface area contributed by atoms with Crippen LogP contribution in [0.15, 0.2) is 0 Å². The summed E-state index contributed by atoms with van der Waals surface area (Å²) in [7, 11) is 0. The Bertz CT molecular complexity index is 164. The van der Waals surface area contributed by atoms with Crippen molar-refractivity contribution in [2.24, 2.45) is 17.6 Å². The molecule has 14 heavy (non-hydrogen) atoms. The highest BCUT2D eigenvalue weighted by Gasteiger charge is 2.23. The van der Waals surface area contributed by atoms with Gasteiger partial charge in [0, 0.05) is 12.0 Å². The summed E-state index contributed by atoms with van der Waals surface area (Å²) in [6.07, 6.45) is 9.49. The minimum absolute atomic E-state index is 0.0955. The first kappa shape index (κ1) is 11.7. The lowest BCUT2D eigenvalue weighted by Crippen LogP contribution is -2.32. The summed E-state index contributed by atoms with van der Waals surface area (Å²) < 4.78 is 0. The van der Waals surface area contributed by atoms with Gasteiger partial charge < -0.3 is 10.5 Å². The van der Waals surface area contributed by atoms with Crippen LogP contribution in [0, 0.1) is 11.8 Å². The van der Waals surface area contributed by atoms with Crippen LogP contribution in [-0.2, 0) is 4.79 Å². The molecule has 2 N–H and O–H groups in total. The molecule has 0 aromatic rings. The molecule has 0 aromatic heterocycles. The van der Waals surface area contributed by atoms with E-state index in [1.54, 1.807) is 0 Å². The fourth-order valence-electron chi connectivity index (χ4n) is 2.51. The van der Waals surface area contributed by atoms with Gasteiger partial charge in [0.2, 0.25) is 0 Å². The third-order valence-corrected chi connectivity index (χ3v) is 3.43. The van der Waals surface area contributed by atoms with Crippen LogP contribution >= 0.6 is 0 Å². The third kappa shape index (κ3) is 3.41. The van der Waals surface area contributed by atoms with E-state index in [4.69, 9.17) is 5.73 Å². The molecule has 1 aliphatic rings. The smallest absolute Gasteiger partial charge is 0.124 e. The van der Waals surface area contributed by atoms with E-state index in [9.17, 15) is 4.79 Å². The van der Waals surface area contributed by atoms with Gasteiger partial charge in [0.25, 0.3) is 0 Å². The van der Waals surface area contributed by atoms with Gasteiger partial charge in [-0.25, -0.2) is 0 Å². The van der Waals surface area contributed by atoms with Crippen molar-refractivity contribution in [2.45, 2.75) is 57.9 Å². The predicted molar refractivity (Wildman–Crippen MR) is 59.0 cm³/mol. The van der Waals surface area contributed by atoms with Gasteiger partial charge in [-0.1, -0.05) is 39.0 Å². The Hall–Kier alpha value is -0.370. The van der Waals surface area contributed by atoms with Crippen LogP contribution < -0.4 is 5.73 Å². The molecule has 0 amide bonds. The number of rotatable bonds is 6. The Morgan fingerprint density at radius 3 is 2.57 bits per heavy atom. The molecule has 0 spiro atoms. The Kier molecular flexibility index (Phi) is 5.16. The summed E-state index contributed by atoms with van der Waals surface area (Å²) >= 11 is 0. The molecule has 1 saturated carbocycles. The van der Waals surface area contributed by atoms with Crippen LogP contribution in [0.3, 0.4) is 0 Å². The first-order chi connectivity index (χ1) is 6.77. The second-order valence-corrected chi connectivity index (χ2v) is 4.64. The van der Waals surface area contributed by atoms with Crippen LogP contribution in [-0.4, -0.2) is 12.3 Å². The van der Waals surface area contributed by atoms with E-state index in [2.05, 4.69) is 6.92 Å². The molecule has 2 nitrogen and oxygen atoms in total. The number of hydrogen-bond donors (Lipinski definition) is 1. The van der Waals surface area contributed by atoms with Crippen LogP contribution in [0.2, 0.25) is 0 Å². The lowest BCUT2D eigenvalue weighted by molar-refractivity contribution is -0.112.